The predicted molar refractivity (Wildman–Crippen MR) is 98.8 cm³/mol. The molecule has 1 aromatic heterocycles. The van der Waals surface area contributed by atoms with E-state index in [1.54, 1.807) is 29.2 Å². The summed E-state index contributed by atoms with van der Waals surface area (Å²) in [6.07, 6.45) is 4.85. The van der Waals surface area contributed by atoms with E-state index in [1.807, 2.05) is 13.0 Å². The van der Waals surface area contributed by atoms with E-state index in [9.17, 15) is 10.1 Å². The molecule has 2 aromatic rings. The fourth-order valence-corrected chi connectivity index (χ4v) is 3.36. The number of nitriles is 1. The van der Waals surface area contributed by atoms with Crippen molar-refractivity contribution in [3.05, 3.63) is 41.2 Å². The van der Waals surface area contributed by atoms with Crippen molar-refractivity contribution in [2.75, 3.05) is 24.5 Å². The van der Waals surface area contributed by atoms with Crippen LogP contribution < -0.4 is 10.2 Å². The molecule has 1 amide bonds. The highest BCUT2D eigenvalue weighted by Crippen LogP contribution is 2.34. The molecule has 1 aliphatic rings. The van der Waals surface area contributed by atoms with E-state index >= 15 is 0 Å². The summed E-state index contributed by atoms with van der Waals surface area (Å²) in [6, 6.07) is 7.55. The lowest BCUT2D eigenvalue weighted by molar-refractivity contribution is -0.131. The molecular weight excluding hydrogens is 352 g/mol. The molecule has 7 nitrogen and oxygen atoms in total. The van der Waals surface area contributed by atoms with Gasteiger partial charge in [0.15, 0.2) is 0 Å². The van der Waals surface area contributed by atoms with Gasteiger partial charge >= 0.3 is 0 Å². The lowest BCUT2D eigenvalue weighted by Crippen LogP contribution is -2.48. The average molecular weight is 373 g/mol. The average Bonchev–Trinajstić information content (AvgIpc) is 3.16. The van der Waals surface area contributed by atoms with Crippen LogP contribution in [0.3, 0.4) is 0 Å². The Balaban J connectivity index is 1.56. The molecule has 26 heavy (non-hydrogen) atoms. The standard InChI is InChI=1S/C18H21ClN6O/c1-18(17(26)21-6-10-25-11-7-22-23-25)4-8-24(9-5-18)16-3-2-15(19)12-14(16)13-20/h2-3,7,11-12H,4-6,8-10H2,1H3,(H,21,26). The highest BCUT2D eigenvalue weighted by atomic mass is 35.5. The van der Waals surface area contributed by atoms with E-state index in [2.05, 4.69) is 26.6 Å². The molecule has 2 heterocycles. The summed E-state index contributed by atoms with van der Waals surface area (Å²) < 4.78 is 1.69. The van der Waals surface area contributed by atoms with Gasteiger partial charge in [0.05, 0.1) is 24.0 Å². The Kier molecular flexibility index (Phi) is 5.43. The number of hydrogen-bond acceptors (Lipinski definition) is 5. The molecule has 3 rings (SSSR count). The van der Waals surface area contributed by atoms with Crippen LogP contribution in [0, 0.1) is 16.7 Å². The largest absolute Gasteiger partial charge is 0.370 e. The number of rotatable bonds is 5. The van der Waals surface area contributed by atoms with E-state index in [-0.39, 0.29) is 5.91 Å². The summed E-state index contributed by atoms with van der Waals surface area (Å²) in [6.45, 7) is 4.58. The molecule has 0 bridgehead atoms. The summed E-state index contributed by atoms with van der Waals surface area (Å²) in [5.74, 6) is 0.0638. The molecule has 0 saturated carbocycles. The van der Waals surface area contributed by atoms with Crippen LogP contribution in [0.4, 0.5) is 5.69 Å². The Morgan fingerprint density at radius 2 is 2.19 bits per heavy atom. The van der Waals surface area contributed by atoms with Crippen LogP contribution in [0.2, 0.25) is 5.02 Å². The molecular formula is C18H21ClN6O. The number of benzene rings is 1. The molecule has 0 aliphatic carbocycles. The molecule has 136 valence electrons. The lowest BCUT2D eigenvalue weighted by atomic mass is 9.79. The molecule has 1 fully saturated rings. The lowest BCUT2D eigenvalue weighted by Gasteiger charge is -2.39. The second-order valence-corrected chi connectivity index (χ2v) is 7.18. The zero-order chi connectivity index (χ0) is 18.6. The van der Waals surface area contributed by atoms with Gasteiger partial charge in [-0.15, -0.1) is 5.10 Å². The Hall–Kier alpha value is -2.59. The number of carbonyl (C=O) groups is 1. The molecule has 1 aliphatic heterocycles. The molecule has 0 radical (unpaired) electrons. The van der Waals surface area contributed by atoms with Gasteiger partial charge < -0.3 is 10.2 Å². The number of anilines is 1. The number of halogens is 1. The van der Waals surface area contributed by atoms with Gasteiger partial charge in [-0.1, -0.05) is 23.7 Å². The Morgan fingerprint density at radius 3 is 2.85 bits per heavy atom. The van der Waals surface area contributed by atoms with Gasteiger partial charge in [-0.2, -0.15) is 5.26 Å². The van der Waals surface area contributed by atoms with E-state index in [1.165, 1.54) is 0 Å². The molecule has 0 atom stereocenters. The number of hydrogen-bond donors (Lipinski definition) is 1. The van der Waals surface area contributed by atoms with Crippen molar-refractivity contribution >= 4 is 23.2 Å². The first kappa shape index (κ1) is 18.2. The Morgan fingerprint density at radius 1 is 1.42 bits per heavy atom. The third-order valence-electron chi connectivity index (χ3n) is 4.93. The quantitative estimate of drug-likeness (QED) is 0.869. The second kappa shape index (κ2) is 7.75. The minimum Gasteiger partial charge on any atom is -0.370 e. The first-order chi connectivity index (χ1) is 12.5. The molecule has 0 unspecified atom stereocenters. The topological polar surface area (TPSA) is 86.8 Å². The van der Waals surface area contributed by atoms with E-state index in [0.29, 0.717) is 23.7 Å². The number of carbonyl (C=O) groups excluding carboxylic acids is 1. The second-order valence-electron chi connectivity index (χ2n) is 6.74. The maximum Gasteiger partial charge on any atom is 0.226 e. The van der Waals surface area contributed by atoms with Crippen molar-refractivity contribution in [1.82, 2.24) is 20.3 Å². The van der Waals surface area contributed by atoms with Crippen LogP contribution in [0.1, 0.15) is 25.3 Å². The summed E-state index contributed by atoms with van der Waals surface area (Å²) in [4.78, 5) is 14.8. The minimum atomic E-state index is -0.405. The number of aromatic nitrogens is 3. The molecule has 1 aromatic carbocycles. The van der Waals surface area contributed by atoms with Crippen molar-refractivity contribution in [1.29, 1.82) is 5.26 Å². The third kappa shape index (κ3) is 3.97. The first-order valence-electron chi connectivity index (χ1n) is 8.59. The van der Waals surface area contributed by atoms with Crippen LogP contribution >= 0.6 is 11.6 Å². The van der Waals surface area contributed by atoms with Crippen molar-refractivity contribution in [3.63, 3.8) is 0 Å². The Bertz CT molecular complexity index is 806. The Labute approximate surface area is 157 Å². The zero-order valence-corrected chi connectivity index (χ0v) is 15.4. The highest BCUT2D eigenvalue weighted by molar-refractivity contribution is 6.30. The number of nitrogens with zero attached hydrogens (tertiary/aromatic N) is 5. The van der Waals surface area contributed by atoms with Crippen molar-refractivity contribution < 1.29 is 4.79 Å². The van der Waals surface area contributed by atoms with Gasteiger partial charge in [0.2, 0.25) is 5.91 Å². The SMILES string of the molecule is CC1(C(=O)NCCn2ccnn2)CCN(c2ccc(Cl)cc2C#N)CC1. The van der Waals surface area contributed by atoms with E-state index < -0.39 is 5.41 Å². The van der Waals surface area contributed by atoms with Gasteiger partial charge in [-0.3, -0.25) is 9.48 Å². The van der Waals surface area contributed by atoms with Gasteiger partial charge in [-0.25, -0.2) is 0 Å². The smallest absolute Gasteiger partial charge is 0.226 e. The van der Waals surface area contributed by atoms with Crippen LogP contribution in [0.5, 0.6) is 0 Å². The van der Waals surface area contributed by atoms with Crippen LogP contribution in [-0.2, 0) is 11.3 Å². The molecule has 1 saturated heterocycles. The normalized spacial score (nSPS) is 16.1. The first-order valence-corrected chi connectivity index (χ1v) is 8.97. The van der Waals surface area contributed by atoms with Crippen LogP contribution in [0.25, 0.3) is 0 Å². The fraction of sp³-hybridized carbons (Fsp3) is 0.444. The van der Waals surface area contributed by atoms with Crippen LogP contribution in [-0.4, -0.2) is 40.5 Å². The maximum absolute atomic E-state index is 12.6. The number of amides is 1. The van der Waals surface area contributed by atoms with Gasteiger partial charge in [0.25, 0.3) is 0 Å². The minimum absolute atomic E-state index is 0.0638. The van der Waals surface area contributed by atoms with Gasteiger partial charge in [0, 0.05) is 36.3 Å². The summed E-state index contributed by atoms with van der Waals surface area (Å²) in [5, 5.41) is 20.5. The number of nitrogens with one attached hydrogen (secondary N) is 1. The maximum atomic E-state index is 12.6. The van der Waals surface area contributed by atoms with Crippen molar-refractivity contribution in [3.8, 4) is 6.07 Å². The third-order valence-corrected chi connectivity index (χ3v) is 5.17. The van der Waals surface area contributed by atoms with E-state index in [0.717, 1.165) is 31.6 Å². The van der Waals surface area contributed by atoms with Crippen LogP contribution in [0.15, 0.2) is 30.6 Å². The summed E-state index contributed by atoms with van der Waals surface area (Å²) in [7, 11) is 0. The summed E-state index contributed by atoms with van der Waals surface area (Å²) >= 11 is 5.97. The molecule has 1 N–H and O–H groups in total. The molecule has 8 heteroatoms. The monoisotopic (exact) mass is 372 g/mol. The zero-order valence-electron chi connectivity index (χ0n) is 14.7. The highest BCUT2D eigenvalue weighted by Gasteiger charge is 2.37. The van der Waals surface area contributed by atoms with E-state index in [4.69, 9.17) is 11.6 Å². The predicted octanol–water partition coefficient (Wildman–Crippen LogP) is 2.23. The van der Waals surface area contributed by atoms with Crippen molar-refractivity contribution in [2.24, 2.45) is 5.41 Å². The number of piperidine rings is 1. The van der Waals surface area contributed by atoms with Gasteiger partial charge in [0.1, 0.15) is 6.07 Å². The summed E-state index contributed by atoms with van der Waals surface area (Å²) in [5.41, 5.74) is 1.04. The van der Waals surface area contributed by atoms with Gasteiger partial charge in [-0.05, 0) is 31.0 Å². The van der Waals surface area contributed by atoms with Crippen molar-refractivity contribution in [2.45, 2.75) is 26.3 Å². The molecule has 0 spiro atoms. The fourth-order valence-electron chi connectivity index (χ4n) is 3.19.